The van der Waals surface area contributed by atoms with Crippen molar-refractivity contribution in [2.24, 2.45) is 0 Å². The third kappa shape index (κ3) is 7.31. The van der Waals surface area contributed by atoms with E-state index in [0.717, 1.165) is 9.48 Å². The van der Waals surface area contributed by atoms with Crippen LogP contribution in [-0.4, -0.2) is 59.6 Å². The van der Waals surface area contributed by atoms with Crippen molar-refractivity contribution in [2.75, 3.05) is 17.3 Å². The molecule has 3 heterocycles. The second-order valence-electron chi connectivity index (χ2n) is 8.59. The Morgan fingerprint density at radius 3 is 2.51 bits per heavy atom. The first-order valence-corrected chi connectivity index (χ1v) is 14.2. The molecule has 3 aromatic heterocycles. The molecule has 2 amide bonds. The van der Waals surface area contributed by atoms with Gasteiger partial charge < -0.3 is 10.6 Å². The van der Waals surface area contributed by atoms with Crippen molar-refractivity contribution < 1.29 is 22.8 Å². The molecule has 17 heteroatoms. The second-order valence-corrected chi connectivity index (χ2v) is 10.8. The maximum Gasteiger partial charge on any atom is 0.436 e. The average Bonchev–Trinajstić information content (AvgIpc) is 3.53. The van der Waals surface area contributed by atoms with E-state index in [1.54, 1.807) is 17.8 Å². The lowest BCUT2D eigenvalue weighted by Crippen LogP contribution is -2.35. The Bertz CT molecular complexity index is 1590. The highest BCUT2D eigenvalue weighted by Gasteiger charge is 2.34. The van der Waals surface area contributed by atoms with E-state index in [1.165, 1.54) is 30.5 Å². The van der Waals surface area contributed by atoms with Crippen molar-refractivity contribution in [1.29, 1.82) is 0 Å². The van der Waals surface area contributed by atoms with E-state index in [0.29, 0.717) is 11.9 Å². The minimum atomic E-state index is -4.68. The zero-order chi connectivity index (χ0) is 29.9. The number of anilines is 1. The van der Waals surface area contributed by atoms with Crippen LogP contribution in [0.2, 0.25) is 15.1 Å². The second kappa shape index (κ2) is 12.7. The van der Waals surface area contributed by atoms with Crippen molar-refractivity contribution in [3.05, 3.63) is 80.4 Å². The molecule has 0 radical (unpaired) electrons. The number of pyridine rings is 1. The number of carbonyl (C=O) groups is 2. The van der Waals surface area contributed by atoms with E-state index in [2.05, 4.69) is 30.9 Å². The lowest BCUT2D eigenvalue weighted by molar-refractivity contribution is -0.141. The third-order valence-corrected chi connectivity index (χ3v) is 7.04. The van der Waals surface area contributed by atoms with Crippen LogP contribution in [0.3, 0.4) is 0 Å². The van der Waals surface area contributed by atoms with Gasteiger partial charge in [-0.25, -0.2) is 9.67 Å². The molecule has 2 N–H and O–H groups in total. The van der Waals surface area contributed by atoms with Gasteiger partial charge in [0.1, 0.15) is 12.2 Å². The number of thioether (sulfide) groups is 1. The molecule has 0 bridgehead atoms. The van der Waals surface area contributed by atoms with E-state index in [-0.39, 0.29) is 56.1 Å². The Morgan fingerprint density at radius 2 is 1.85 bits per heavy atom. The van der Waals surface area contributed by atoms with E-state index in [1.807, 2.05) is 13.2 Å². The molecular formula is C24H20Cl3F3N8O2S. The summed E-state index contributed by atoms with van der Waals surface area (Å²) in [5.41, 5.74) is -1.17. The van der Waals surface area contributed by atoms with Crippen LogP contribution in [0.4, 0.5) is 18.9 Å². The molecule has 4 aromatic rings. The number of nitrogens with one attached hydrogen (secondary N) is 2. The summed E-state index contributed by atoms with van der Waals surface area (Å²) in [6.07, 6.45) is -0.786. The molecule has 0 saturated heterocycles. The topological polar surface area (TPSA) is 120 Å². The molecule has 10 nitrogen and oxygen atoms in total. The van der Waals surface area contributed by atoms with Gasteiger partial charge in [-0.2, -0.15) is 39.9 Å². The summed E-state index contributed by atoms with van der Waals surface area (Å²) in [6, 6.07) is 6.93. The van der Waals surface area contributed by atoms with Gasteiger partial charge in [0, 0.05) is 23.0 Å². The fraction of sp³-hybridized carbons (Fsp3) is 0.250. The molecule has 0 unspecified atom stereocenters. The number of rotatable bonds is 9. The number of nitrogens with zero attached hydrogens (tertiary/aromatic N) is 6. The van der Waals surface area contributed by atoms with Gasteiger partial charge in [0.25, 0.3) is 11.8 Å². The van der Waals surface area contributed by atoms with Crippen molar-refractivity contribution in [3.8, 4) is 5.82 Å². The molecule has 0 aliphatic carbocycles. The fourth-order valence-corrected chi connectivity index (χ4v) is 4.99. The van der Waals surface area contributed by atoms with E-state index >= 15 is 0 Å². The lowest BCUT2D eigenvalue weighted by atomic mass is 10.1. The molecule has 4 rings (SSSR count). The van der Waals surface area contributed by atoms with Crippen LogP contribution < -0.4 is 10.6 Å². The maximum atomic E-state index is 13.6. The fourth-order valence-electron chi connectivity index (χ4n) is 3.66. The van der Waals surface area contributed by atoms with E-state index < -0.39 is 23.7 Å². The summed E-state index contributed by atoms with van der Waals surface area (Å²) < 4.78 is 40.1. The van der Waals surface area contributed by atoms with Gasteiger partial charge in [0.2, 0.25) is 0 Å². The van der Waals surface area contributed by atoms with E-state index in [9.17, 15) is 22.8 Å². The molecule has 41 heavy (non-hydrogen) atoms. The Hall–Kier alpha value is -3.33. The number of hydrogen-bond donors (Lipinski definition) is 2. The van der Waals surface area contributed by atoms with Gasteiger partial charge >= 0.3 is 6.18 Å². The molecule has 0 saturated carbocycles. The zero-order valence-corrected chi connectivity index (χ0v) is 24.3. The van der Waals surface area contributed by atoms with Crippen LogP contribution in [0.25, 0.3) is 5.82 Å². The number of halogens is 6. The van der Waals surface area contributed by atoms with E-state index in [4.69, 9.17) is 34.8 Å². The summed E-state index contributed by atoms with van der Waals surface area (Å²) in [5.74, 6) is -0.575. The zero-order valence-electron chi connectivity index (χ0n) is 21.2. The lowest BCUT2D eigenvalue weighted by Gasteiger charge is -2.17. The summed E-state index contributed by atoms with van der Waals surface area (Å²) in [7, 11) is 0. The summed E-state index contributed by atoms with van der Waals surface area (Å²) in [4.78, 5) is 31.6. The molecular weight excluding hydrogens is 628 g/mol. The molecule has 216 valence electrons. The highest BCUT2D eigenvalue weighted by Crippen LogP contribution is 2.32. The summed E-state index contributed by atoms with van der Waals surface area (Å²) >= 11 is 20.4. The highest BCUT2D eigenvalue weighted by molar-refractivity contribution is 7.98. The standard InChI is InChI=1S/C24H20Cl3F3N8O2S/c1-12(11-41-2)33-22(39)15-6-13(25)7-17(27)20(15)34-23(40)18-8-14(10-37-32-9-19(36-37)24(28,29)30)35-38(18)21-16(26)4-3-5-31-21/h3-9,12H,10-11H2,1-2H3,(H,33,39)(H,34,40)/t12-/m0/s1. The minimum Gasteiger partial charge on any atom is -0.349 e. The molecule has 0 fully saturated rings. The SMILES string of the molecule is CSC[C@H](C)NC(=O)c1cc(Cl)cc(Cl)c1NC(=O)c1cc(Cn2ncc(C(F)(F)F)n2)nn1-c1ncccc1Cl. The smallest absolute Gasteiger partial charge is 0.349 e. The van der Waals surface area contributed by atoms with Crippen LogP contribution in [0.5, 0.6) is 0 Å². The monoisotopic (exact) mass is 646 g/mol. The first kappa shape index (κ1) is 30.6. The molecule has 1 aromatic carbocycles. The quantitative estimate of drug-likeness (QED) is 0.242. The Labute approximate surface area is 250 Å². The van der Waals surface area contributed by atoms with Crippen LogP contribution >= 0.6 is 46.6 Å². The largest absolute Gasteiger partial charge is 0.436 e. The Balaban J connectivity index is 1.71. The number of aromatic nitrogens is 6. The number of hydrogen-bond acceptors (Lipinski definition) is 7. The number of amides is 2. The predicted molar refractivity (Wildman–Crippen MR) is 150 cm³/mol. The normalized spacial score (nSPS) is 12.3. The molecule has 0 spiro atoms. The average molecular weight is 648 g/mol. The van der Waals surface area contributed by atoms with Gasteiger partial charge in [-0.15, -0.1) is 5.10 Å². The highest BCUT2D eigenvalue weighted by atomic mass is 35.5. The van der Waals surface area contributed by atoms with Crippen LogP contribution in [0.1, 0.15) is 39.2 Å². The molecule has 0 aliphatic heterocycles. The Morgan fingerprint density at radius 1 is 1.10 bits per heavy atom. The van der Waals surface area contributed by atoms with Crippen molar-refractivity contribution in [2.45, 2.75) is 25.7 Å². The van der Waals surface area contributed by atoms with Gasteiger partial charge in [-0.05, 0) is 43.5 Å². The van der Waals surface area contributed by atoms with Gasteiger partial charge in [0.05, 0.1) is 33.2 Å². The van der Waals surface area contributed by atoms with Crippen molar-refractivity contribution in [3.63, 3.8) is 0 Å². The minimum absolute atomic E-state index is 0.00361. The number of alkyl halides is 3. The molecule has 1 atom stereocenters. The number of benzene rings is 1. The molecule has 0 aliphatic rings. The predicted octanol–water partition coefficient (Wildman–Crippen LogP) is 5.62. The van der Waals surface area contributed by atoms with Gasteiger partial charge in [-0.1, -0.05) is 34.8 Å². The van der Waals surface area contributed by atoms with Gasteiger partial charge in [0.15, 0.2) is 11.5 Å². The van der Waals surface area contributed by atoms with Crippen LogP contribution in [0, 0.1) is 0 Å². The number of carbonyl (C=O) groups excluding carboxylic acids is 2. The van der Waals surface area contributed by atoms with Crippen molar-refractivity contribution >= 4 is 64.1 Å². The van der Waals surface area contributed by atoms with Crippen LogP contribution in [-0.2, 0) is 12.7 Å². The third-order valence-electron chi connectivity index (χ3n) is 5.39. The van der Waals surface area contributed by atoms with Gasteiger partial charge in [-0.3, -0.25) is 9.59 Å². The van der Waals surface area contributed by atoms with Crippen LogP contribution in [0.15, 0.2) is 42.7 Å². The van der Waals surface area contributed by atoms with Crippen molar-refractivity contribution in [1.82, 2.24) is 35.1 Å². The Kier molecular flexibility index (Phi) is 9.47. The maximum absolute atomic E-state index is 13.6. The first-order chi connectivity index (χ1) is 19.4. The summed E-state index contributed by atoms with van der Waals surface area (Å²) in [6.45, 7) is 1.51. The first-order valence-electron chi connectivity index (χ1n) is 11.6. The summed E-state index contributed by atoms with van der Waals surface area (Å²) in [5, 5.41) is 17.1.